The van der Waals surface area contributed by atoms with E-state index < -0.39 is 0 Å². The van der Waals surface area contributed by atoms with E-state index in [4.69, 9.17) is 32.7 Å². The van der Waals surface area contributed by atoms with Gasteiger partial charge in [-0.2, -0.15) is 0 Å². The van der Waals surface area contributed by atoms with Crippen LogP contribution in [0.1, 0.15) is 23.2 Å². The molecule has 1 fully saturated rings. The predicted octanol–water partition coefficient (Wildman–Crippen LogP) is 2.37. The number of methoxy groups -OCH3 is 2. The van der Waals surface area contributed by atoms with E-state index in [1.807, 2.05) is 0 Å². The van der Waals surface area contributed by atoms with Gasteiger partial charge in [0.25, 0.3) is 5.91 Å². The molecule has 0 saturated carbocycles. The highest BCUT2D eigenvalue weighted by atomic mass is 35.5. The van der Waals surface area contributed by atoms with Gasteiger partial charge in [-0.3, -0.25) is 9.59 Å². The lowest BCUT2D eigenvalue weighted by Crippen LogP contribution is -2.47. The predicted molar refractivity (Wildman–Crippen MR) is 92.0 cm³/mol. The molecule has 8 heteroatoms. The van der Waals surface area contributed by atoms with Gasteiger partial charge in [-0.05, 0) is 25.0 Å². The molecule has 1 aliphatic rings. The van der Waals surface area contributed by atoms with Crippen LogP contribution in [0, 0.1) is 0 Å². The van der Waals surface area contributed by atoms with E-state index in [1.165, 1.54) is 14.2 Å². The SMILES string of the molecule is COCC(=O)NC1CCN(C(=O)c2c(Cl)ccc(Cl)c2OC)CC1. The van der Waals surface area contributed by atoms with Gasteiger partial charge in [0.05, 0.1) is 17.2 Å². The van der Waals surface area contributed by atoms with Gasteiger partial charge in [0.15, 0.2) is 5.75 Å². The summed E-state index contributed by atoms with van der Waals surface area (Å²) in [7, 11) is 2.93. The summed E-state index contributed by atoms with van der Waals surface area (Å²) in [6, 6.07) is 3.21. The Morgan fingerprint density at radius 1 is 1.21 bits per heavy atom. The average molecular weight is 375 g/mol. The highest BCUT2D eigenvalue weighted by Crippen LogP contribution is 2.35. The first-order chi connectivity index (χ1) is 11.5. The van der Waals surface area contributed by atoms with Gasteiger partial charge in [0, 0.05) is 26.2 Å². The number of rotatable bonds is 5. The standard InChI is InChI=1S/C16H20Cl2N2O4/c1-23-9-13(21)19-10-5-7-20(8-6-10)16(22)14-11(17)3-4-12(18)15(14)24-2/h3-4,10H,5-9H2,1-2H3,(H,19,21). The summed E-state index contributed by atoms with van der Waals surface area (Å²) in [5.41, 5.74) is 0.272. The Labute approximate surface area is 151 Å². The largest absolute Gasteiger partial charge is 0.494 e. The van der Waals surface area contributed by atoms with Crippen molar-refractivity contribution in [3.8, 4) is 5.75 Å². The van der Waals surface area contributed by atoms with Crippen molar-refractivity contribution in [3.05, 3.63) is 27.7 Å². The smallest absolute Gasteiger partial charge is 0.259 e. The number of hydrogen-bond acceptors (Lipinski definition) is 4. The number of likely N-dealkylation sites (tertiary alicyclic amines) is 1. The highest BCUT2D eigenvalue weighted by molar-refractivity contribution is 6.37. The fraction of sp³-hybridized carbons (Fsp3) is 0.500. The summed E-state index contributed by atoms with van der Waals surface area (Å²) in [5.74, 6) is -0.0902. The molecule has 0 spiro atoms. The summed E-state index contributed by atoms with van der Waals surface area (Å²) >= 11 is 12.3. The Morgan fingerprint density at radius 2 is 1.83 bits per heavy atom. The van der Waals surface area contributed by atoms with Crippen molar-refractivity contribution in [1.29, 1.82) is 0 Å². The molecule has 1 aromatic carbocycles. The maximum Gasteiger partial charge on any atom is 0.259 e. The van der Waals surface area contributed by atoms with Crippen LogP contribution in [0.25, 0.3) is 0 Å². The van der Waals surface area contributed by atoms with Gasteiger partial charge >= 0.3 is 0 Å². The van der Waals surface area contributed by atoms with Crippen molar-refractivity contribution in [3.63, 3.8) is 0 Å². The second-order valence-electron chi connectivity index (χ2n) is 5.50. The number of hydrogen-bond donors (Lipinski definition) is 1. The average Bonchev–Trinajstić information content (AvgIpc) is 2.57. The lowest BCUT2D eigenvalue weighted by atomic mass is 10.0. The minimum Gasteiger partial charge on any atom is -0.494 e. The molecular weight excluding hydrogens is 355 g/mol. The second-order valence-corrected chi connectivity index (χ2v) is 6.32. The van der Waals surface area contributed by atoms with Crippen LogP contribution in [0.4, 0.5) is 0 Å². The van der Waals surface area contributed by atoms with Crippen LogP contribution in [0.15, 0.2) is 12.1 Å². The first-order valence-electron chi connectivity index (χ1n) is 7.57. The van der Waals surface area contributed by atoms with Crippen LogP contribution < -0.4 is 10.1 Å². The summed E-state index contributed by atoms with van der Waals surface area (Å²) < 4.78 is 10.0. The number of piperidine rings is 1. The molecule has 1 heterocycles. The Bertz CT molecular complexity index is 616. The van der Waals surface area contributed by atoms with Crippen molar-refractivity contribution in [2.24, 2.45) is 0 Å². The zero-order chi connectivity index (χ0) is 17.7. The van der Waals surface area contributed by atoms with E-state index in [2.05, 4.69) is 5.32 Å². The molecule has 1 saturated heterocycles. The topological polar surface area (TPSA) is 67.9 Å². The summed E-state index contributed by atoms with van der Waals surface area (Å²) in [6.45, 7) is 1.07. The third-order valence-electron chi connectivity index (χ3n) is 3.90. The maximum atomic E-state index is 12.8. The number of benzene rings is 1. The molecule has 0 aromatic heterocycles. The van der Waals surface area contributed by atoms with Crippen molar-refractivity contribution >= 4 is 35.0 Å². The zero-order valence-electron chi connectivity index (χ0n) is 13.6. The van der Waals surface area contributed by atoms with Crippen LogP contribution in [-0.4, -0.2) is 56.7 Å². The number of amides is 2. The van der Waals surface area contributed by atoms with Crippen molar-refractivity contribution in [1.82, 2.24) is 10.2 Å². The monoisotopic (exact) mass is 374 g/mol. The first kappa shape index (κ1) is 18.8. The molecule has 6 nitrogen and oxygen atoms in total. The third-order valence-corrected chi connectivity index (χ3v) is 4.51. The van der Waals surface area contributed by atoms with Crippen LogP contribution in [0.5, 0.6) is 5.75 Å². The summed E-state index contributed by atoms with van der Waals surface area (Å²) in [4.78, 5) is 26.0. The normalized spacial score (nSPS) is 15.2. The highest BCUT2D eigenvalue weighted by Gasteiger charge is 2.28. The Balaban J connectivity index is 2.04. The van der Waals surface area contributed by atoms with Gasteiger partial charge < -0.3 is 19.7 Å². The van der Waals surface area contributed by atoms with Crippen LogP contribution in [-0.2, 0) is 9.53 Å². The van der Waals surface area contributed by atoms with E-state index in [9.17, 15) is 9.59 Å². The molecule has 0 unspecified atom stereocenters. The maximum absolute atomic E-state index is 12.8. The van der Waals surface area contributed by atoms with E-state index in [1.54, 1.807) is 17.0 Å². The summed E-state index contributed by atoms with van der Waals surface area (Å²) in [5, 5.41) is 3.53. The van der Waals surface area contributed by atoms with Crippen molar-refractivity contribution in [2.75, 3.05) is 33.9 Å². The fourth-order valence-electron chi connectivity index (χ4n) is 2.72. The molecular formula is C16H20Cl2N2O4. The van der Waals surface area contributed by atoms with Gasteiger partial charge in [0.2, 0.25) is 5.91 Å². The molecule has 1 aliphatic heterocycles. The van der Waals surface area contributed by atoms with E-state index in [-0.39, 0.29) is 35.8 Å². The lowest BCUT2D eigenvalue weighted by Gasteiger charge is -2.33. The molecule has 2 amide bonds. The van der Waals surface area contributed by atoms with Gasteiger partial charge in [-0.1, -0.05) is 23.2 Å². The van der Waals surface area contributed by atoms with Crippen LogP contribution in [0.2, 0.25) is 10.0 Å². The molecule has 24 heavy (non-hydrogen) atoms. The Hall–Kier alpha value is -1.50. The summed E-state index contributed by atoms with van der Waals surface area (Å²) in [6.07, 6.45) is 1.34. The van der Waals surface area contributed by atoms with E-state index in [0.717, 1.165) is 0 Å². The third kappa shape index (κ3) is 4.32. The molecule has 0 atom stereocenters. The van der Waals surface area contributed by atoms with E-state index in [0.29, 0.717) is 36.0 Å². The number of halogens is 2. The first-order valence-corrected chi connectivity index (χ1v) is 8.33. The van der Waals surface area contributed by atoms with Gasteiger partial charge in [0.1, 0.15) is 12.2 Å². The second kappa shape index (κ2) is 8.55. The van der Waals surface area contributed by atoms with Crippen LogP contribution >= 0.6 is 23.2 Å². The molecule has 0 bridgehead atoms. The van der Waals surface area contributed by atoms with E-state index >= 15 is 0 Å². The van der Waals surface area contributed by atoms with Crippen molar-refractivity contribution < 1.29 is 19.1 Å². The lowest BCUT2D eigenvalue weighted by molar-refractivity contribution is -0.125. The number of nitrogens with one attached hydrogen (secondary N) is 1. The fourth-order valence-corrected chi connectivity index (χ4v) is 3.18. The molecule has 1 aromatic rings. The minimum absolute atomic E-state index is 0.0356. The Kier molecular flexibility index (Phi) is 6.71. The number of ether oxygens (including phenoxy) is 2. The quantitative estimate of drug-likeness (QED) is 0.858. The number of carbonyl (C=O) groups excluding carboxylic acids is 2. The molecule has 0 radical (unpaired) electrons. The van der Waals surface area contributed by atoms with Crippen molar-refractivity contribution in [2.45, 2.75) is 18.9 Å². The molecule has 1 N–H and O–H groups in total. The Morgan fingerprint density at radius 3 is 2.42 bits per heavy atom. The zero-order valence-corrected chi connectivity index (χ0v) is 15.1. The van der Waals surface area contributed by atoms with Gasteiger partial charge in [-0.15, -0.1) is 0 Å². The van der Waals surface area contributed by atoms with Crippen LogP contribution in [0.3, 0.4) is 0 Å². The number of carbonyl (C=O) groups is 2. The van der Waals surface area contributed by atoms with Gasteiger partial charge in [-0.25, -0.2) is 0 Å². The minimum atomic E-state index is -0.221. The molecule has 2 rings (SSSR count). The molecule has 0 aliphatic carbocycles. The number of nitrogens with zero attached hydrogens (tertiary/aromatic N) is 1. The molecule has 132 valence electrons.